The van der Waals surface area contributed by atoms with E-state index in [1.165, 1.54) is 5.56 Å². The molecule has 3 aromatic rings. The standard InChI is InChI=1S/C23H24N2O2S2.C2HF3O2/c26-29(27)23(11-13-24(14-12-23)16-20-10-15-28-18-20)21-8-4-5-9-22(21)25(29)17-19-6-2-1-3-7-19;3-2(4,5)1(6)7/h1-10,15,18H,11-14,16-17H2;(H,6,7). The first-order chi connectivity index (χ1) is 17.0. The second-order valence-corrected chi connectivity index (χ2v) is 11.7. The third-order valence-electron chi connectivity index (χ3n) is 6.51. The molecule has 3 heterocycles. The molecule has 0 aliphatic carbocycles. The lowest BCUT2D eigenvalue weighted by Gasteiger charge is -2.39. The summed E-state index contributed by atoms with van der Waals surface area (Å²) in [6.07, 6.45) is -3.80. The number of aliphatic carboxylic acids is 1. The lowest BCUT2D eigenvalue weighted by atomic mass is 9.87. The summed E-state index contributed by atoms with van der Waals surface area (Å²) in [6, 6.07) is 19.9. The van der Waals surface area contributed by atoms with Crippen LogP contribution in [0.4, 0.5) is 18.9 Å². The summed E-state index contributed by atoms with van der Waals surface area (Å²) >= 11 is 1.71. The summed E-state index contributed by atoms with van der Waals surface area (Å²) in [4.78, 5) is 11.3. The Balaban J connectivity index is 0.000000384. The van der Waals surface area contributed by atoms with Crippen molar-refractivity contribution in [2.75, 3.05) is 17.4 Å². The zero-order valence-corrected chi connectivity index (χ0v) is 20.8. The van der Waals surface area contributed by atoms with E-state index in [0.717, 1.165) is 36.4 Å². The van der Waals surface area contributed by atoms with E-state index in [2.05, 4.69) is 21.7 Å². The second-order valence-electron chi connectivity index (χ2n) is 8.72. The van der Waals surface area contributed by atoms with Gasteiger partial charge in [0.2, 0.25) is 10.0 Å². The van der Waals surface area contributed by atoms with E-state index in [0.29, 0.717) is 19.4 Å². The maximum absolute atomic E-state index is 13.9. The van der Waals surface area contributed by atoms with Crippen LogP contribution < -0.4 is 4.31 Å². The number of fused-ring (bicyclic) bond motifs is 2. The van der Waals surface area contributed by atoms with Gasteiger partial charge in [-0.3, -0.25) is 9.21 Å². The Bertz CT molecular complexity index is 1290. The number of carboxylic acid groups (broad SMARTS) is 1. The monoisotopic (exact) mass is 538 g/mol. The minimum absolute atomic E-state index is 0.389. The highest BCUT2D eigenvalue weighted by Gasteiger charge is 2.56. The Hall–Kier alpha value is -2.89. The van der Waals surface area contributed by atoms with Gasteiger partial charge in [0.15, 0.2) is 0 Å². The van der Waals surface area contributed by atoms with Gasteiger partial charge in [0.05, 0.1) is 12.2 Å². The molecule has 1 spiro atoms. The van der Waals surface area contributed by atoms with Crippen molar-refractivity contribution >= 4 is 33.0 Å². The van der Waals surface area contributed by atoms with E-state index < -0.39 is 26.9 Å². The number of alkyl halides is 3. The number of rotatable bonds is 4. The number of carboxylic acids is 1. The van der Waals surface area contributed by atoms with Gasteiger partial charge in [0.1, 0.15) is 4.75 Å². The molecule has 5 rings (SSSR count). The van der Waals surface area contributed by atoms with Gasteiger partial charge in [-0.05, 0) is 52.4 Å². The van der Waals surface area contributed by atoms with Crippen molar-refractivity contribution in [3.05, 3.63) is 88.1 Å². The number of anilines is 1. The van der Waals surface area contributed by atoms with E-state index in [1.807, 2.05) is 54.6 Å². The van der Waals surface area contributed by atoms with Gasteiger partial charge in [-0.1, -0.05) is 48.5 Å². The third-order valence-corrected chi connectivity index (χ3v) is 9.76. The van der Waals surface area contributed by atoms with Gasteiger partial charge >= 0.3 is 12.1 Å². The molecule has 0 atom stereocenters. The van der Waals surface area contributed by atoms with Crippen molar-refractivity contribution in [3.8, 4) is 0 Å². The van der Waals surface area contributed by atoms with E-state index in [-0.39, 0.29) is 0 Å². The number of para-hydroxylation sites is 1. The first-order valence-corrected chi connectivity index (χ1v) is 13.6. The highest BCUT2D eigenvalue weighted by Crippen LogP contribution is 2.53. The number of halogens is 3. The van der Waals surface area contributed by atoms with Crippen LogP contribution in [0, 0.1) is 0 Å². The molecule has 0 amide bonds. The lowest BCUT2D eigenvalue weighted by Crippen LogP contribution is -2.48. The fraction of sp³-hybridized carbons (Fsp3) is 0.320. The van der Waals surface area contributed by atoms with Crippen LogP contribution in [-0.4, -0.2) is 43.7 Å². The van der Waals surface area contributed by atoms with Gasteiger partial charge < -0.3 is 5.11 Å². The zero-order chi connectivity index (χ0) is 26.0. The molecule has 6 nitrogen and oxygen atoms in total. The van der Waals surface area contributed by atoms with E-state index in [1.54, 1.807) is 15.6 Å². The average Bonchev–Trinajstić information content (AvgIpc) is 3.41. The highest BCUT2D eigenvalue weighted by atomic mass is 32.2. The second kappa shape index (κ2) is 10.2. The van der Waals surface area contributed by atoms with Crippen molar-refractivity contribution < 1.29 is 31.5 Å². The number of hydrogen-bond acceptors (Lipinski definition) is 5. The van der Waals surface area contributed by atoms with Crippen LogP contribution in [0.3, 0.4) is 0 Å². The first-order valence-electron chi connectivity index (χ1n) is 11.2. The number of sulfonamides is 1. The Labute approximate surface area is 211 Å². The zero-order valence-electron chi connectivity index (χ0n) is 19.2. The summed E-state index contributed by atoms with van der Waals surface area (Å²) in [5, 5.41) is 11.4. The first kappa shape index (κ1) is 26.2. The molecule has 0 unspecified atom stereocenters. The van der Waals surface area contributed by atoms with Crippen LogP contribution >= 0.6 is 11.3 Å². The largest absolute Gasteiger partial charge is 0.490 e. The molecule has 2 aromatic carbocycles. The van der Waals surface area contributed by atoms with Crippen molar-refractivity contribution in [1.29, 1.82) is 0 Å². The molecule has 11 heteroatoms. The fourth-order valence-electron chi connectivity index (χ4n) is 4.72. The molecular formula is C25H25F3N2O4S2. The molecule has 0 radical (unpaired) electrons. The Kier molecular flexibility index (Phi) is 7.44. The minimum atomic E-state index is -5.08. The molecular weight excluding hydrogens is 513 g/mol. The molecule has 1 saturated heterocycles. The van der Waals surface area contributed by atoms with Crippen LogP contribution in [0.5, 0.6) is 0 Å². The Morgan fingerprint density at radius 1 is 0.944 bits per heavy atom. The fourth-order valence-corrected chi connectivity index (χ4v) is 7.68. The van der Waals surface area contributed by atoms with Crippen LogP contribution in [0.1, 0.15) is 29.5 Å². The molecule has 36 heavy (non-hydrogen) atoms. The molecule has 0 bridgehead atoms. The van der Waals surface area contributed by atoms with Crippen molar-refractivity contribution in [1.82, 2.24) is 4.90 Å². The van der Waals surface area contributed by atoms with E-state index >= 15 is 0 Å². The predicted molar refractivity (Wildman–Crippen MR) is 132 cm³/mol. The summed E-state index contributed by atoms with van der Waals surface area (Å²) in [6.45, 7) is 2.88. The molecule has 1 aromatic heterocycles. The van der Waals surface area contributed by atoms with Crippen molar-refractivity contribution in [2.24, 2.45) is 0 Å². The molecule has 2 aliphatic rings. The van der Waals surface area contributed by atoms with Crippen LogP contribution in [-0.2, 0) is 32.7 Å². The summed E-state index contributed by atoms with van der Waals surface area (Å²) in [7, 11) is -3.48. The number of piperidine rings is 1. The molecule has 2 aliphatic heterocycles. The number of nitrogens with zero attached hydrogens (tertiary/aromatic N) is 2. The highest BCUT2D eigenvalue weighted by molar-refractivity contribution is 7.94. The predicted octanol–water partition coefficient (Wildman–Crippen LogP) is 5.22. The third kappa shape index (κ3) is 5.14. The van der Waals surface area contributed by atoms with Gasteiger partial charge in [0, 0.05) is 19.6 Å². The maximum Gasteiger partial charge on any atom is 0.490 e. The van der Waals surface area contributed by atoms with Crippen LogP contribution in [0.15, 0.2) is 71.4 Å². The van der Waals surface area contributed by atoms with Crippen LogP contribution in [0.2, 0.25) is 0 Å². The number of hydrogen-bond donors (Lipinski definition) is 1. The lowest BCUT2D eigenvalue weighted by molar-refractivity contribution is -0.192. The van der Waals surface area contributed by atoms with Crippen LogP contribution in [0.25, 0.3) is 0 Å². The van der Waals surface area contributed by atoms with Gasteiger partial charge in [0.25, 0.3) is 0 Å². The number of carbonyl (C=O) groups is 1. The normalized spacial score (nSPS) is 18.4. The summed E-state index contributed by atoms with van der Waals surface area (Å²) < 4.78 is 60.3. The molecule has 1 N–H and O–H groups in total. The maximum atomic E-state index is 13.9. The van der Waals surface area contributed by atoms with Crippen molar-refractivity contribution in [3.63, 3.8) is 0 Å². The quantitative estimate of drug-likeness (QED) is 0.493. The van der Waals surface area contributed by atoms with Gasteiger partial charge in [-0.25, -0.2) is 13.2 Å². The topological polar surface area (TPSA) is 77.9 Å². The Morgan fingerprint density at radius 2 is 1.56 bits per heavy atom. The minimum Gasteiger partial charge on any atom is -0.475 e. The summed E-state index contributed by atoms with van der Waals surface area (Å²) in [5.74, 6) is -2.76. The smallest absolute Gasteiger partial charge is 0.475 e. The molecule has 0 saturated carbocycles. The SMILES string of the molecule is O=C(O)C(F)(F)F.O=S1(=O)N(Cc2ccccc2)c2ccccc2C12CCN(Cc1ccsc1)CC2. The number of likely N-dealkylation sites (tertiary alicyclic amines) is 1. The average molecular weight is 539 g/mol. The van der Waals surface area contributed by atoms with E-state index in [4.69, 9.17) is 9.90 Å². The molecule has 192 valence electrons. The number of thiophene rings is 1. The Morgan fingerprint density at radius 3 is 2.14 bits per heavy atom. The van der Waals surface area contributed by atoms with E-state index in [9.17, 15) is 21.6 Å². The summed E-state index contributed by atoms with van der Waals surface area (Å²) in [5.41, 5.74) is 4.15. The molecule has 1 fully saturated rings. The number of benzene rings is 2. The van der Waals surface area contributed by atoms with Gasteiger partial charge in [-0.2, -0.15) is 24.5 Å². The van der Waals surface area contributed by atoms with Crippen molar-refractivity contribution in [2.45, 2.75) is 36.9 Å². The van der Waals surface area contributed by atoms with Gasteiger partial charge in [-0.15, -0.1) is 0 Å².